The van der Waals surface area contributed by atoms with Gasteiger partial charge < -0.3 is 21.9 Å². The van der Waals surface area contributed by atoms with E-state index in [4.69, 9.17) is 15.0 Å². The maximum atomic E-state index is 8.56. The zero-order chi connectivity index (χ0) is 6.57. The minimum Gasteiger partial charge on any atom is -0.450 e. The molecule has 1 heterocycles. The summed E-state index contributed by atoms with van der Waals surface area (Å²) in [5, 5.41) is 13.9. The second-order valence-corrected chi connectivity index (χ2v) is 1.24. The van der Waals surface area contributed by atoms with Crippen LogP contribution in [0.25, 0.3) is 0 Å². The molecule has 1 aliphatic heterocycles. The van der Waals surface area contributed by atoms with Crippen molar-refractivity contribution in [2.24, 2.45) is 0 Å². The SMILES string of the molecule is O=C(O)O.[CH2-]C1CO1.[K+]. The van der Waals surface area contributed by atoms with E-state index in [-0.39, 0.29) is 51.4 Å². The third-order valence-corrected chi connectivity index (χ3v) is 0.402. The molecule has 48 valence electrons. The molecule has 0 aromatic heterocycles. The Morgan fingerprint density at radius 2 is 1.78 bits per heavy atom. The van der Waals surface area contributed by atoms with Gasteiger partial charge in [0.2, 0.25) is 0 Å². The predicted molar refractivity (Wildman–Crippen MR) is 25.8 cm³/mol. The monoisotopic (exact) mass is 158 g/mol. The largest absolute Gasteiger partial charge is 1.00 e. The van der Waals surface area contributed by atoms with E-state index in [1.807, 2.05) is 0 Å². The minimum absolute atomic E-state index is 0. The standard InChI is InChI=1S/C3H5O.CH2O3.K/c1-3-2-4-3;2-1(3)4;/h3H,1-2H2;(H2,2,3,4);/q-1;;+1. The molecule has 1 atom stereocenters. The smallest absolute Gasteiger partial charge is 0.450 e. The topological polar surface area (TPSA) is 70.1 Å². The van der Waals surface area contributed by atoms with Gasteiger partial charge in [-0.15, -0.1) is 0 Å². The van der Waals surface area contributed by atoms with Gasteiger partial charge in [0.25, 0.3) is 0 Å². The van der Waals surface area contributed by atoms with Gasteiger partial charge in [-0.3, -0.25) is 0 Å². The number of carbonyl (C=O) groups is 1. The first kappa shape index (κ1) is 12.5. The molecular formula is C4H7KO4. The summed E-state index contributed by atoms with van der Waals surface area (Å²) in [5.41, 5.74) is 0. The molecule has 2 N–H and O–H groups in total. The van der Waals surface area contributed by atoms with Crippen LogP contribution in [0.15, 0.2) is 0 Å². The van der Waals surface area contributed by atoms with Gasteiger partial charge in [-0.05, 0) is 6.10 Å². The fourth-order valence-electron chi connectivity index (χ4n) is 0.0680. The molecule has 1 saturated heterocycles. The van der Waals surface area contributed by atoms with E-state index in [0.717, 1.165) is 6.61 Å². The van der Waals surface area contributed by atoms with E-state index in [1.54, 1.807) is 0 Å². The van der Waals surface area contributed by atoms with E-state index in [0.29, 0.717) is 6.10 Å². The van der Waals surface area contributed by atoms with E-state index < -0.39 is 6.16 Å². The van der Waals surface area contributed by atoms with Crippen molar-refractivity contribution >= 4 is 6.16 Å². The number of epoxide rings is 1. The fourth-order valence-corrected chi connectivity index (χ4v) is 0.0680. The molecule has 1 fully saturated rings. The second-order valence-electron chi connectivity index (χ2n) is 1.24. The maximum Gasteiger partial charge on any atom is 1.00 e. The maximum absolute atomic E-state index is 8.56. The van der Waals surface area contributed by atoms with E-state index >= 15 is 0 Å². The predicted octanol–water partition coefficient (Wildman–Crippen LogP) is -2.55. The molecule has 0 bridgehead atoms. The van der Waals surface area contributed by atoms with Gasteiger partial charge in [0, 0.05) is 6.61 Å². The summed E-state index contributed by atoms with van der Waals surface area (Å²) in [4.78, 5) is 8.56. The Kier molecular flexibility index (Phi) is 9.72. The summed E-state index contributed by atoms with van der Waals surface area (Å²) < 4.78 is 4.60. The van der Waals surface area contributed by atoms with Crippen LogP contribution in [0.4, 0.5) is 4.79 Å². The average molecular weight is 158 g/mol. The van der Waals surface area contributed by atoms with Crippen LogP contribution in [-0.2, 0) is 4.74 Å². The van der Waals surface area contributed by atoms with Crippen LogP contribution in [0.1, 0.15) is 0 Å². The quantitative estimate of drug-likeness (QED) is 0.231. The zero-order valence-electron chi connectivity index (χ0n) is 5.20. The van der Waals surface area contributed by atoms with Crippen LogP contribution in [0.5, 0.6) is 0 Å². The third-order valence-electron chi connectivity index (χ3n) is 0.402. The van der Waals surface area contributed by atoms with Crippen molar-refractivity contribution in [2.75, 3.05) is 6.61 Å². The van der Waals surface area contributed by atoms with Gasteiger partial charge in [-0.25, -0.2) is 4.79 Å². The zero-order valence-corrected chi connectivity index (χ0v) is 8.33. The van der Waals surface area contributed by atoms with E-state index in [1.165, 1.54) is 0 Å². The molecule has 0 saturated carbocycles. The summed E-state index contributed by atoms with van der Waals surface area (Å²) in [6.45, 7) is 4.40. The van der Waals surface area contributed by atoms with Crippen LogP contribution in [0.2, 0.25) is 0 Å². The van der Waals surface area contributed by atoms with Crippen molar-refractivity contribution in [1.82, 2.24) is 0 Å². The van der Waals surface area contributed by atoms with Crippen molar-refractivity contribution in [3.8, 4) is 0 Å². The summed E-state index contributed by atoms with van der Waals surface area (Å²) in [6.07, 6.45) is -1.50. The van der Waals surface area contributed by atoms with Crippen molar-refractivity contribution in [1.29, 1.82) is 0 Å². The number of hydrogen-bond donors (Lipinski definition) is 2. The molecule has 0 radical (unpaired) electrons. The van der Waals surface area contributed by atoms with Crippen LogP contribution in [0.3, 0.4) is 0 Å². The summed E-state index contributed by atoms with van der Waals surface area (Å²) in [6, 6.07) is 0. The Labute approximate surface area is 95.6 Å². The van der Waals surface area contributed by atoms with Crippen molar-refractivity contribution in [3.05, 3.63) is 6.92 Å². The molecule has 1 unspecified atom stereocenters. The van der Waals surface area contributed by atoms with Gasteiger partial charge in [0.15, 0.2) is 0 Å². The first-order valence-electron chi connectivity index (χ1n) is 1.99. The Hall–Kier alpha value is 0.866. The Morgan fingerprint density at radius 1 is 1.67 bits per heavy atom. The number of carboxylic acid groups (broad SMARTS) is 2. The first-order chi connectivity index (χ1) is 3.63. The molecule has 5 heteroatoms. The Morgan fingerprint density at radius 3 is 1.78 bits per heavy atom. The van der Waals surface area contributed by atoms with Gasteiger partial charge in [0.05, 0.1) is 0 Å². The van der Waals surface area contributed by atoms with Crippen LogP contribution >= 0.6 is 0 Å². The molecular weight excluding hydrogens is 151 g/mol. The summed E-state index contributed by atoms with van der Waals surface area (Å²) in [5.74, 6) is 0. The van der Waals surface area contributed by atoms with E-state index in [2.05, 4.69) is 11.7 Å². The van der Waals surface area contributed by atoms with Gasteiger partial charge >= 0.3 is 57.5 Å². The van der Waals surface area contributed by atoms with Crippen LogP contribution in [0, 0.1) is 6.92 Å². The molecule has 4 nitrogen and oxygen atoms in total. The first-order valence-corrected chi connectivity index (χ1v) is 1.99. The number of hydrogen-bond acceptors (Lipinski definition) is 2. The van der Waals surface area contributed by atoms with Crippen molar-refractivity contribution in [3.63, 3.8) is 0 Å². The molecule has 1 rings (SSSR count). The normalized spacial score (nSPS) is 20.3. The van der Waals surface area contributed by atoms with Gasteiger partial charge in [-0.1, -0.05) is 0 Å². The van der Waals surface area contributed by atoms with Gasteiger partial charge in [-0.2, -0.15) is 0 Å². The molecule has 0 amide bonds. The fraction of sp³-hybridized carbons (Fsp3) is 0.500. The molecule has 0 aromatic carbocycles. The molecule has 0 spiro atoms. The third kappa shape index (κ3) is 28.0. The molecule has 1 aliphatic rings. The molecule has 0 aliphatic carbocycles. The molecule has 0 aromatic rings. The van der Waals surface area contributed by atoms with Crippen LogP contribution < -0.4 is 51.4 Å². The van der Waals surface area contributed by atoms with Gasteiger partial charge in [0.1, 0.15) is 0 Å². The molecule has 9 heavy (non-hydrogen) atoms. The average Bonchev–Trinajstić information content (AvgIpc) is 2.19. The Bertz CT molecular complexity index is 76.6. The number of rotatable bonds is 0. The summed E-state index contributed by atoms with van der Waals surface area (Å²) >= 11 is 0. The Balaban J connectivity index is 0. The van der Waals surface area contributed by atoms with Crippen molar-refractivity contribution in [2.45, 2.75) is 6.10 Å². The number of ether oxygens (including phenoxy) is 1. The van der Waals surface area contributed by atoms with Crippen molar-refractivity contribution < 1.29 is 71.1 Å². The minimum atomic E-state index is -1.83. The second kappa shape index (κ2) is 6.98. The van der Waals surface area contributed by atoms with Crippen LogP contribution in [-0.4, -0.2) is 29.1 Å². The summed E-state index contributed by atoms with van der Waals surface area (Å²) in [7, 11) is 0. The van der Waals surface area contributed by atoms with E-state index in [9.17, 15) is 0 Å².